The Balaban J connectivity index is 2.27. The third-order valence-electron chi connectivity index (χ3n) is 4.15. The number of Topliss-reactive ketones (excluding diaryl/α,β-unsaturated/α-hetero) is 1. The molecule has 0 radical (unpaired) electrons. The van der Waals surface area contributed by atoms with Crippen LogP contribution in [0, 0.1) is 11.3 Å². The van der Waals surface area contributed by atoms with Crippen LogP contribution in [-0.4, -0.2) is 30.3 Å². The molecular weight excluding hydrogens is 162 g/mol. The number of fused-ring (bicyclic) bond motifs is 1. The smallest absolute Gasteiger partial charge is 0.137 e. The summed E-state index contributed by atoms with van der Waals surface area (Å²) >= 11 is 0. The standard InChI is InChI=1S/C11H19NO/c1-8-9(13)4-5-11(2)6-7-12(3)10(8)11/h8,10H,4-7H2,1-3H3/t8-,10+,11+/m1/s1. The number of ketones is 1. The van der Waals surface area contributed by atoms with Crippen LogP contribution in [0.2, 0.25) is 0 Å². The number of hydrogen-bond donors (Lipinski definition) is 0. The normalized spacial score (nSPS) is 46.5. The molecule has 1 aliphatic carbocycles. The molecule has 0 aromatic heterocycles. The molecule has 1 saturated carbocycles. The highest BCUT2D eigenvalue weighted by atomic mass is 16.1. The molecule has 13 heavy (non-hydrogen) atoms. The first kappa shape index (κ1) is 9.20. The first-order chi connectivity index (χ1) is 6.04. The minimum absolute atomic E-state index is 0.256. The van der Waals surface area contributed by atoms with E-state index in [0.29, 0.717) is 17.2 Å². The molecule has 2 fully saturated rings. The van der Waals surface area contributed by atoms with E-state index in [1.807, 2.05) is 0 Å². The van der Waals surface area contributed by atoms with E-state index in [0.717, 1.165) is 12.8 Å². The number of hydrogen-bond acceptors (Lipinski definition) is 2. The molecule has 3 atom stereocenters. The van der Waals surface area contributed by atoms with Crippen molar-refractivity contribution in [2.75, 3.05) is 13.6 Å². The lowest BCUT2D eigenvalue weighted by Crippen LogP contribution is -2.47. The molecule has 0 bridgehead atoms. The van der Waals surface area contributed by atoms with Crippen LogP contribution in [0.1, 0.15) is 33.1 Å². The fraction of sp³-hybridized carbons (Fsp3) is 0.909. The molecule has 1 saturated heterocycles. The summed E-state index contributed by atoms with van der Waals surface area (Å²) in [5.41, 5.74) is 0.419. The van der Waals surface area contributed by atoms with E-state index in [-0.39, 0.29) is 5.92 Å². The van der Waals surface area contributed by atoms with Gasteiger partial charge in [0.15, 0.2) is 0 Å². The van der Waals surface area contributed by atoms with E-state index in [2.05, 4.69) is 25.8 Å². The van der Waals surface area contributed by atoms with E-state index < -0.39 is 0 Å². The Morgan fingerprint density at radius 3 is 2.85 bits per heavy atom. The minimum atomic E-state index is 0.256. The molecule has 0 aromatic carbocycles. The lowest BCUT2D eigenvalue weighted by atomic mass is 9.67. The van der Waals surface area contributed by atoms with Crippen LogP contribution in [0.5, 0.6) is 0 Å². The Labute approximate surface area is 80.3 Å². The Bertz CT molecular complexity index is 238. The molecule has 0 amide bonds. The molecule has 2 nitrogen and oxygen atoms in total. The molecule has 2 rings (SSSR count). The quantitative estimate of drug-likeness (QED) is 0.567. The summed E-state index contributed by atoms with van der Waals surface area (Å²) in [6, 6.07) is 0.508. The van der Waals surface area contributed by atoms with E-state index >= 15 is 0 Å². The largest absolute Gasteiger partial charge is 0.302 e. The van der Waals surface area contributed by atoms with Crippen molar-refractivity contribution in [2.45, 2.75) is 39.2 Å². The third-order valence-corrected chi connectivity index (χ3v) is 4.15. The van der Waals surface area contributed by atoms with Gasteiger partial charge >= 0.3 is 0 Å². The molecule has 0 N–H and O–H groups in total. The van der Waals surface area contributed by atoms with Gasteiger partial charge in [0.1, 0.15) is 5.78 Å². The Hall–Kier alpha value is -0.370. The third kappa shape index (κ3) is 1.23. The molecule has 1 heterocycles. The summed E-state index contributed by atoms with van der Waals surface area (Å²) in [6.45, 7) is 5.62. The molecule has 0 aromatic rings. The van der Waals surface area contributed by atoms with Gasteiger partial charge in [-0.15, -0.1) is 0 Å². The maximum atomic E-state index is 11.6. The van der Waals surface area contributed by atoms with Crippen molar-refractivity contribution in [2.24, 2.45) is 11.3 Å². The van der Waals surface area contributed by atoms with E-state index in [1.54, 1.807) is 0 Å². The number of rotatable bonds is 0. The van der Waals surface area contributed by atoms with Crippen molar-refractivity contribution in [3.63, 3.8) is 0 Å². The van der Waals surface area contributed by atoms with Gasteiger partial charge in [0.05, 0.1) is 0 Å². The zero-order valence-corrected chi connectivity index (χ0v) is 8.84. The predicted molar refractivity (Wildman–Crippen MR) is 52.5 cm³/mol. The van der Waals surface area contributed by atoms with Gasteiger partial charge in [-0.05, 0) is 31.8 Å². The lowest BCUT2D eigenvalue weighted by molar-refractivity contribution is -0.129. The zero-order valence-electron chi connectivity index (χ0n) is 8.84. The van der Waals surface area contributed by atoms with E-state index in [1.165, 1.54) is 13.0 Å². The first-order valence-electron chi connectivity index (χ1n) is 5.27. The Morgan fingerprint density at radius 1 is 1.46 bits per heavy atom. The Kier molecular flexibility index (Phi) is 1.99. The molecule has 2 heteroatoms. The number of nitrogens with zero attached hydrogens (tertiary/aromatic N) is 1. The first-order valence-corrected chi connectivity index (χ1v) is 5.27. The van der Waals surface area contributed by atoms with Gasteiger partial charge in [0, 0.05) is 18.4 Å². The monoisotopic (exact) mass is 181 g/mol. The average molecular weight is 181 g/mol. The van der Waals surface area contributed by atoms with Gasteiger partial charge in [-0.25, -0.2) is 0 Å². The van der Waals surface area contributed by atoms with Crippen molar-refractivity contribution < 1.29 is 4.79 Å². The average Bonchev–Trinajstić information content (AvgIpc) is 2.38. The summed E-state index contributed by atoms with van der Waals surface area (Å²) in [5.74, 6) is 0.725. The van der Waals surface area contributed by atoms with Crippen molar-refractivity contribution in [1.82, 2.24) is 4.90 Å². The number of carbonyl (C=O) groups is 1. The summed E-state index contributed by atoms with van der Waals surface area (Å²) in [7, 11) is 2.16. The molecule has 2 aliphatic rings. The highest BCUT2D eigenvalue weighted by Crippen LogP contribution is 2.46. The van der Waals surface area contributed by atoms with Crippen LogP contribution in [0.4, 0.5) is 0 Å². The maximum Gasteiger partial charge on any atom is 0.137 e. The fourth-order valence-corrected chi connectivity index (χ4v) is 3.32. The van der Waals surface area contributed by atoms with Crippen molar-refractivity contribution in [1.29, 1.82) is 0 Å². The van der Waals surface area contributed by atoms with Crippen LogP contribution in [-0.2, 0) is 4.79 Å². The van der Waals surface area contributed by atoms with Crippen molar-refractivity contribution in [3.05, 3.63) is 0 Å². The summed E-state index contributed by atoms with van der Waals surface area (Å²) < 4.78 is 0. The van der Waals surface area contributed by atoms with Gasteiger partial charge in [0.2, 0.25) is 0 Å². The highest BCUT2D eigenvalue weighted by molar-refractivity contribution is 5.82. The number of likely N-dealkylation sites (tertiary alicyclic amines) is 1. The summed E-state index contributed by atoms with van der Waals surface area (Å²) in [6.07, 6.45) is 3.18. The summed E-state index contributed by atoms with van der Waals surface area (Å²) in [5, 5.41) is 0. The summed E-state index contributed by atoms with van der Waals surface area (Å²) in [4.78, 5) is 14.0. The predicted octanol–water partition coefficient (Wildman–Crippen LogP) is 1.70. The van der Waals surface area contributed by atoms with Crippen LogP contribution in [0.3, 0.4) is 0 Å². The van der Waals surface area contributed by atoms with E-state index in [9.17, 15) is 4.79 Å². The van der Waals surface area contributed by atoms with Crippen molar-refractivity contribution >= 4 is 5.78 Å². The van der Waals surface area contributed by atoms with Gasteiger partial charge in [-0.3, -0.25) is 4.79 Å². The van der Waals surface area contributed by atoms with Gasteiger partial charge in [-0.1, -0.05) is 13.8 Å². The highest BCUT2D eigenvalue weighted by Gasteiger charge is 2.49. The second-order valence-corrected chi connectivity index (χ2v) is 5.08. The molecule has 74 valence electrons. The molecule has 1 aliphatic heterocycles. The van der Waals surface area contributed by atoms with Crippen molar-refractivity contribution in [3.8, 4) is 0 Å². The fourth-order valence-electron chi connectivity index (χ4n) is 3.32. The maximum absolute atomic E-state index is 11.6. The second kappa shape index (κ2) is 2.81. The SMILES string of the molecule is C[C@@H]1C(=O)CC[C@@]2(C)CCN(C)[C@@H]12. The minimum Gasteiger partial charge on any atom is -0.302 e. The molecule has 0 spiro atoms. The van der Waals surface area contributed by atoms with Gasteiger partial charge in [-0.2, -0.15) is 0 Å². The van der Waals surface area contributed by atoms with Crippen LogP contribution < -0.4 is 0 Å². The van der Waals surface area contributed by atoms with Gasteiger partial charge in [0.25, 0.3) is 0 Å². The van der Waals surface area contributed by atoms with Crippen LogP contribution in [0.15, 0.2) is 0 Å². The van der Waals surface area contributed by atoms with Gasteiger partial charge < -0.3 is 4.90 Å². The Morgan fingerprint density at radius 2 is 2.15 bits per heavy atom. The van der Waals surface area contributed by atoms with Crippen LogP contribution in [0.25, 0.3) is 0 Å². The molecular formula is C11H19NO. The second-order valence-electron chi connectivity index (χ2n) is 5.08. The lowest BCUT2D eigenvalue weighted by Gasteiger charge is -2.41. The topological polar surface area (TPSA) is 20.3 Å². The number of carbonyl (C=O) groups excluding carboxylic acids is 1. The van der Waals surface area contributed by atoms with E-state index in [4.69, 9.17) is 0 Å². The molecule has 0 unspecified atom stereocenters. The van der Waals surface area contributed by atoms with Crippen LogP contribution >= 0.6 is 0 Å². The zero-order chi connectivity index (χ0) is 9.64.